The van der Waals surface area contributed by atoms with Crippen LogP contribution >= 0.6 is 0 Å². The molecule has 0 atom stereocenters. The molecule has 0 fully saturated rings. The lowest BCUT2D eigenvalue weighted by Gasteiger charge is -2.10. The number of nitrogens with zero attached hydrogens (tertiary/aromatic N) is 2. The van der Waals surface area contributed by atoms with E-state index >= 15 is 0 Å². The van der Waals surface area contributed by atoms with E-state index in [4.69, 9.17) is 4.74 Å². The van der Waals surface area contributed by atoms with Gasteiger partial charge in [-0.15, -0.1) is 0 Å². The van der Waals surface area contributed by atoms with E-state index in [1.807, 2.05) is 0 Å². The highest BCUT2D eigenvalue weighted by molar-refractivity contribution is 7.89. The lowest BCUT2D eigenvalue weighted by atomic mass is 10.3. The Morgan fingerprint density at radius 3 is 2.67 bits per heavy atom. The van der Waals surface area contributed by atoms with Crippen molar-refractivity contribution in [3.8, 4) is 5.88 Å². The minimum Gasteiger partial charge on any atom is -0.481 e. The predicted octanol–water partition coefficient (Wildman–Crippen LogP) is 1.01. The summed E-state index contributed by atoms with van der Waals surface area (Å²) < 4.78 is 32.0. The second-order valence-corrected chi connectivity index (χ2v) is 5.89. The Balaban J connectivity index is 2.13. The number of hydrogen-bond donors (Lipinski definition) is 2. The Morgan fingerprint density at radius 2 is 2.05 bits per heavy atom. The number of hydrogen-bond acceptors (Lipinski definition) is 6. The molecule has 2 aromatic rings. The van der Waals surface area contributed by atoms with Crippen LogP contribution in [-0.4, -0.2) is 32.5 Å². The molecule has 0 saturated carbocycles. The lowest BCUT2D eigenvalue weighted by Crippen LogP contribution is -2.24. The van der Waals surface area contributed by atoms with Gasteiger partial charge in [-0.05, 0) is 11.6 Å². The molecule has 0 aliphatic heterocycles. The zero-order valence-electron chi connectivity index (χ0n) is 11.7. The normalized spacial score (nSPS) is 11.1. The van der Waals surface area contributed by atoms with Crippen LogP contribution in [0, 0.1) is 0 Å². The first-order valence-electron chi connectivity index (χ1n) is 6.17. The Hall–Kier alpha value is -2.19. The summed E-state index contributed by atoms with van der Waals surface area (Å²) in [4.78, 5) is 7.98. The fourth-order valence-corrected chi connectivity index (χ4v) is 2.86. The smallest absolute Gasteiger partial charge is 0.244 e. The largest absolute Gasteiger partial charge is 0.481 e. The van der Waals surface area contributed by atoms with E-state index in [0.29, 0.717) is 11.6 Å². The molecular weight excluding hydrogens is 292 g/mol. The summed E-state index contributed by atoms with van der Waals surface area (Å²) in [5, 5.41) is 2.83. The van der Waals surface area contributed by atoms with Gasteiger partial charge in [0.2, 0.25) is 15.9 Å². The molecule has 2 rings (SSSR count). The van der Waals surface area contributed by atoms with Crippen LogP contribution in [0.5, 0.6) is 5.88 Å². The van der Waals surface area contributed by atoms with Gasteiger partial charge in [-0.3, -0.25) is 4.98 Å². The van der Waals surface area contributed by atoms with Crippen LogP contribution in [-0.2, 0) is 16.6 Å². The standard InChI is InChI=1S/C13H16N4O3S/c1-14-11-5-6-15-9-12(11)21(18,19)17-8-10-3-4-13(20-2)16-7-10/h3-7,9,17H,8H2,1-2H3,(H,14,15). The Labute approximate surface area is 123 Å². The molecule has 112 valence electrons. The maximum Gasteiger partial charge on any atom is 0.244 e. The van der Waals surface area contributed by atoms with Crippen LogP contribution in [0.15, 0.2) is 41.7 Å². The molecule has 0 radical (unpaired) electrons. The third-order valence-corrected chi connectivity index (χ3v) is 4.25. The summed E-state index contributed by atoms with van der Waals surface area (Å²) in [6.07, 6.45) is 4.39. The molecule has 0 unspecified atom stereocenters. The second-order valence-electron chi connectivity index (χ2n) is 4.16. The van der Waals surface area contributed by atoms with E-state index in [0.717, 1.165) is 5.56 Å². The molecule has 0 saturated heterocycles. The number of rotatable bonds is 6. The molecule has 0 bridgehead atoms. The van der Waals surface area contributed by atoms with Gasteiger partial charge in [0.1, 0.15) is 4.90 Å². The first-order chi connectivity index (χ1) is 10.1. The molecule has 0 spiro atoms. The van der Waals surface area contributed by atoms with Gasteiger partial charge in [0.25, 0.3) is 0 Å². The Bertz CT molecular complexity index is 702. The van der Waals surface area contributed by atoms with E-state index in [-0.39, 0.29) is 11.4 Å². The van der Waals surface area contributed by atoms with Crippen molar-refractivity contribution in [2.45, 2.75) is 11.4 Å². The maximum absolute atomic E-state index is 12.3. The van der Waals surface area contributed by atoms with Crippen molar-refractivity contribution in [3.05, 3.63) is 42.4 Å². The molecular formula is C13H16N4O3S. The van der Waals surface area contributed by atoms with Crippen molar-refractivity contribution in [1.82, 2.24) is 14.7 Å². The minimum atomic E-state index is -3.65. The van der Waals surface area contributed by atoms with Gasteiger partial charge in [0, 0.05) is 38.2 Å². The van der Waals surface area contributed by atoms with Crippen molar-refractivity contribution >= 4 is 15.7 Å². The highest BCUT2D eigenvalue weighted by Gasteiger charge is 2.18. The van der Waals surface area contributed by atoms with Gasteiger partial charge in [0.15, 0.2) is 0 Å². The average Bonchev–Trinajstić information content (AvgIpc) is 2.53. The molecule has 2 aromatic heterocycles. The SMILES string of the molecule is CNc1ccncc1S(=O)(=O)NCc1ccc(OC)nc1. The molecule has 21 heavy (non-hydrogen) atoms. The zero-order chi connectivity index (χ0) is 15.3. The summed E-state index contributed by atoms with van der Waals surface area (Å²) in [6, 6.07) is 5.02. The van der Waals surface area contributed by atoms with Crippen LogP contribution in [0.1, 0.15) is 5.56 Å². The number of aromatic nitrogens is 2. The van der Waals surface area contributed by atoms with Gasteiger partial charge in [-0.25, -0.2) is 18.1 Å². The van der Waals surface area contributed by atoms with Crippen molar-refractivity contribution in [1.29, 1.82) is 0 Å². The number of ether oxygens (including phenoxy) is 1. The minimum absolute atomic E-state index is 0.106. The van der Waals surface area contributed by atoms with Crippen LogP contribution in [0.25, 0.3) is 0 Å². The first kappa shape index (κ1) is 15.2. The Kier molecular flexibility index (Phi) is 4.71. The summed E-state index contributed by atoms with van der Waals surface area (Å²) >= 11 is 0. The number of methoxy groups -OCH3 is 1. The van der Waals surface area contributed by atoms with Crippen LogP contribution in [0.2, 0.25) is 0 Å². The molecule has 2 N–H and O–H groups in total. The topological polar surface area (TPSA) is 93.2 Å². The highest BCUT2D eigenvalue weighted by Crippen LogP contribution is 2.19. The number of sulfonamides is 1. The molecule has 7 nitrogen and oxygen atoms in total. The van der Waals surface area contributed by atoms with E-state index < -0.39 is 10.0 Å². The molecule has 2 heterocycles. The van der Waals surface area contributed by atoms with Gasteiger partial charge in [-0.2, -0.15) is 0 Å². The van der Waals surface area contributed by atoms with E-state index in [1.165, 1.54) is 19.5 Å². The molecule has 8 heteroatoms. The lowest BCUT2D eigenvalue weighted by molar-refractivity contribution is 0.397. The average molecular weight is 308 g/mol. The van der Waals surface area contributed by atoms with Crippen LogP contribution in [0.3, 0.4) is 0 Å². The molecule has 0 amide bonds. The van der Waals surface area contributed by atoms with E-state index in [9.17, 15) is 8.42 Å². The quantitative estimate of drug-likeness (QED) is 0.827. The summed E-state index contributed by atoms with van der Waals surface area (Å²) in [5.74, 6) is 0.478. The van der Waals surface area contributed by atoms with E-state index in [1.54, 1.807) is 31.4 Å². The Morgan fingerprint density at radius 1 is 1.24 bits per heavy atom. The fraction of sp³-hybridized carbons (Fsp3) is 0.231. The second kappa shape index (κ2) is 6.51. The van der Waals surface area contributed by atoms with Crippen molar-refractivity contribution in [2.24, 2.45) is 0 Å². The van der Waals surface area contributed by atoms with Gasteiger partial charge in [0.05, 0.1) is 12.8 Å². The van der Waals surface area contributed by atoms with E-state index in [2.05, 4.69) is 20.0 Å². The number of pyridine rings is 2. The van der Waals surface area contributed by atoms with Gasteiger partial charge >= 0.3 is 0 Å². The van der Waals surface area contributed by atoms with Crippen molar-refractivity contribution in [3.63, 3.8) is 0 Å². The molecule has 0 aliphatic rings. The molecule has 0 aromatic carbocycles. The summed E-state index contributed by atoms with van der Waals surface area (Å²) in [7, 11) is -0.476. The highest BCUT2D eigenvalue weighted by atomic mass is 32.2. The predicted molar refractivity (Wildman–Crippen MR) is 78.6 cm³/mol. The fourth-order valence-electron chi connectivity index (χ4n) is 1.69. The van der Waals surface area contributed by atoms with Crippen molar-refractivity contribution in [2.75, 3.05) is 19.5 Å². The first-order valence-corrected chi connectivity index (χ1v) is 7.65. The molecule has 0 aliphatic carbocycles. The summed E-state index contributed by atoms with van der Waals surface area (Å²) in [5.41, 5.74) is 1.22. The third-order valence-electron chi connectivity index (χ3n) is 2.82. The maximum atomic E-state index is 12.3. The number of anilines is 1. The number of nitrogens with one attached hydrogen (secondary N) is 2. The van der Waals surface area contributed by atoms with Crippen LogP contribution < -0.4 is 14.8 Å². The third kappa shape index (κ3) is 3.67. The van der Waals surface area contributed by atoms with Gasteiger partial charge < -0.3 is 10.1 Å². The van der Waals surface area contributed by atoms with Gasteiger partial charge in [-0.1, -0.05) is 6.07 Å². The zero-order valence-corrected chi connectivity index (χ0v) is 12.5. The summed E-state index contributed by atoms with van der Waals surface area (Å²) in [6.45, 7) is 0.136. The van der Waals surface area contributed by atoms with Crippen LogP contribution in [0.4, 0.5) is 5.69 Å². The monoisotopic (exact) mass is 308 g/mol. The van der Waals surface area contributed by atoms with Crippen molar-refractivity contribution < 1.29 is 13.2 Å².